The van der Waals surface area contributed by atoms with Gasteiger partial charge in [-0.25, -0.2) is 18.2 Å². The number of amides is 1. The molecule has 0 aliphatic carbocycles. The molecule has 1 aromatic heterocycles. The van der Waals surface area contributed by atoms with Crippen LogP contribution in [0.2, 0.25) is 0 Å². The summed E-state index contributed by atoms with van der Waals surface area (Å²) in [5, 5.41) is 3.46. The van der Waals surface area contributed by atoms with Crippen LogP contribution >= 0.6 is 0 Å². The quantitative estimate of drug-likeness (QED) is 0.573. The van der Waals surface area contributed by atoms with Crippen LogP contribution in [-0.4, -0.2) is 78.3 Å². The van der Waals surface area contributed by atoms with Gasteiger partial charge in [-0.05, 0) is 13.3 Å². The second-order valence-corrected chi connectivity index (χ2v) is 6.81. The summed E-state index contributed by atoms with van der Waals surface area (Å²) in [4.78, 5) is 17.6. The van der Waals surface area contributed by atoms with Crippen LogP contribution in [0, 0.1) is 0 Å². The number of rotatable bonds is 10. The monoisotopic (exact) mass is 359 g/mol. The zero-order valence-corrected chi connectivity index (χ0v) is 15.2. The first-order valence-corrected chi connectivity index (χ1v) is 9.17. The highest BCUT2D eigenvalue weighted by molar-refractivity contribution is 7.88. The van der Waals surface area contributed by atoms with Crippen LogP contribution in [0.5, 0.6) is 0 Å². The van der Waals surface area contributed by atoms with E-state index in [9.17, 15) is 13.2 Å². The van der Waals surface area contributed by atoms with Crippen molar-refractivity contribution in [2.75, 3.05) is 39.9 Å². The third-order valence-corrected chi connectivity index (χ3v) is 4.95. The lowest BCUT2D eigenvalue weighted by molar-refractivity contribution is 0.178. The number of aromatic nitrogens is 3. The molecule has 10 heteroatoms. The zero-order chi connectivity index (χ0) is 18.2. The van der Waals surface area contributed by atoms with Crippen LogP contribution in [0.25, 0.3) is 0 Å². The van der Waals surface area contributed by atoms with E-state index in [1.54, 1.807) is 6.08 Å². The molecule has 1 amide bonds. The molecule has 9 nitrogen and oxygen atoms in total. The van der Waals surface area contributed by atoms with Crippen molar-refractivity contribution in [3.63, 3.8) is 0 Å². The summed E-state index contributed by atoms with van der Waals surface area (Å²) < 4.78 is 32.4. The molecule has 0 N–H and O–H groups in total. The average Bonchev–Trinajstić information content (AvgIpc) is 3.06. The van der Waals surface area contributed by atoms with Gasteiger partial charge in [0.05, 0.1) is 6.61 Å². The maximum absolute atomic E-state index is 12.6. The predicted molar refractivity (Wildman–Crippen MR) is 89.2 cm³/mol. The minimum absolute atomic E-state index is 0.201. The normalized spacial score (nSPS) is 11.7. The molecule has 0 aromatic carbocycles. The fourth-order valence-corrected chi connectivity index (χ4v) is 3.35. The first-order valence-electron chi connectivity index (χ1n) is 7.73. The Kier molecular flexibility index (Phi) is 8.02. The Bertz CT molecular complexity index is 643. The lowest BCUT2D eigenvalue weighted by Gasteiger charge is -2.19. The summed E-state index contributed by atoms with van der Waals surface area (Å²) in [7, 11) is -2.37. The molecule has 0 spiro atoms. The Morgan fingerprint density at radius 1 is 1.42 bits per heavy atom. The van der Waals surface area contributed by atoms with Gasteiger partial charge in [0.1, 0.15) is 6.33 Å². The predicted octanol–water partition coefficient (Wildman–Crippen LogP) is 0.801. The minimum atomic E-state index is -3.87. The highest BCUT2D eigenvalue weighted by Crippen LogP contribution is 2.11. The fraction of sp³-hybridized carbons (Fsp3) is 0.643. The van der Waals surface area contributed by atoms with E-state index in [2.05, 4.69) is 16.7 Å². The van der Waals surface area contributed by atoms with Gasteiger partial charge in [-0.1, -0.05) is 13.0 Å². The topological polar surface area (TPSA) is 97.6 Å². The second kappa shape index (κ2) is 9.50. The highest BCUT2D eigenvalue weighted by atomic mass is 32.2. The largest absolute Gasteiger partial charge is 0.383 e. The molecule has 0 saturated heterocycles. The van der Waals surface area contributed by atoms with E-state index in [1.807, 2.05) is 13.8 Å². The van der Waals surface area contributed by atoms with Gasteiger partial charge >= 0.3 is 6.03 Å². The lowest BCUT2D eigenvalue weighted by Crippen LogP contribution is -2.36. The number of sulfonamides is 1. The van der Waals surface area contributed by atoms with Crippen molar-refractivity contribution >= 4 is 16.1 Å². The highest BCUT2D eigenvalue weighted by Gasteiger charge is 2.29. The van der Waals surface area contributed by atoms with Crippen LogP contribution in [0.4, 0.5) is 4.79 Å². The molecule has 0 unspecified atom stereocenters. The van der Waals surface area contributed by atoms with Gasteiger partial charge in [-0.15, -0.1) is 11.7 Å². The molecule has 0 atom stereocenters. The van der Waals surface area contributed by atoms with E-state index in [0.717, 1.165) is 11.0 Å². The second-order valence-electron chi connectivity index (χ2n) is 4.98. The van der Waals surface area contributed by atoms with Crippen LogP contribution in [0.3, 0.4) is 0 Å². The van der Waals surface area contributed by atoms with Crippen molar-refractivity contribution in [1.82, 2.24) is 24.0 Å². The number of hydrogen-bond donors (Lipinski definition) is 0. The smallest absolute Gasteiger partial charge is 0.346 e. The van der Waals surface area contributed by atoms with Crippen molar-refractivity contribution in [2.45, 2.75) is 25.4 Å². The molecule has 0 aliphatic heterocycles. The van der Waals surface area contributed by atoms with E-state index < -0.39 is 21.2 Å². The van der Waals surface area contributed by atoms with Gasteiger partial charge in [0.2, 0.25) is 0 Å². The van der Waals surface area contributed by atoms with Crippen molar-refractivity contribution in [1.29, 1.82) is 0 Å². The number of ether oxygens (including phenoxy) is 1. The first-order chi connectivity index (χ1) is 11.4. The van der Waals surface area contributed by atoms with E-state index in [0.29, 0.717) is 26.1 Å². The van der Waals surface area contributed by atoms with Crippen LogP contribution in [0.1, 0.15) is 20.3 Å². The van der Waals surface area contributed by atoms with E-state index in [-0.39, 0.29) is 13.2 Å². The average molecular weight is 359 g/mol. The molecule has 0 aliphatic rings. The SMILES string of the molecule is C=CCN(CC)C(=O)n1cnc(S(=O)(=O)N(CCC)CCOC)n1. The van der Waals surface area contributed by atoms with Gasteiger partial charge in [0.15, 0.2) is 0 Å². The zero-order valence-electron chi connectivity index (χ0n) is 14.4. The molecule has 1 aromatic rings. The molecule has 0 bridgehead atoms. The summed E-state index contributed by atoms with van der Waals surface area (Å²) >= 11 is 0. The molecular weight excluding hydrogens is 334 g/mol. The molecule has 1 heterocycles. The van der Waals surface area contributed by atoms with E-state index in [4.69, 9.17) is 4.74 Å². The number of nitrogens with zero attached hydrogens (tertiary/aromatic N) is 5. The number of carbonyl (C=O) groups excluding carboxylic acids is 1. The van der Waals surface area contributed by atoms with Gasteiger partial charge in [-0.2, -0.15) is 8.99 Å². The Balaban J connectivity index is 3.03. The Hall–Kier alpha value is -1.78. The molecule has 0 fully saturated rings. The third kappa shape index (κ3) is 4.86. The molecule has 0 saturated carbocycles. The van der Waals surface area contributed by atoms with E-state index >= 15 is 0 Å². The summed E-state index contributed by atoms with van der Waals surface area (Å²) in [6.45, 7) is 8.85. The van der Waals surface area contributed by atoms with E-state index in [1.165, 1.54) is 16.3 Å². The summed E-state index contributed by atoms with van der Waals surface area (Å²) in [6, 6.07) is -0.453. The van der Waals surface area contributed by atoms with Crippen LogP contribution < -0.4 is 0 Å². The van der Waals surface area contributed by atoms with Crippen molar-refractivity contribution in [2.24, 2.45) is 0 Å². The standard InChI is InChI=1S/C14H25N5O4S/c1-5-8-17(7-3)14(20)19-12-15-13(16-19)24(21,22)18(9-6-2)10-11-23-4/h5,12H,1,6-11H2,2-4H3. The Morgan fingerprint density at radius 2 is 2.12 bits per heavy atom. The Labute approximate surface area is 143 Å². The lowest BCUT2D eigenvalue weighted by atomic mass is 10.5. The molecule has 1 rings (SSSR count). The number of methoxy groups -OCH3 is 1. The number of carbonyl (C=O) groups is 1. The van der Waals surface area contributed by atoms with Gasteiger partial charge in [0.25, 0.3) is 15.2 Å². The van der Waals surface area contributed by atoms with Gasteiger partial charge in [-0.3, -0.25) is 0 Å². The van der Waals surface area contributed by atoms with Gasteiger partial charge in [0, 0.05) is 33.3 Å². The first kappa shape index (κ1) is 20.3. The molecule has 136 valence electrons. The number of hydrogen-bond acceptors (Lipinski definition) is 6. The van der Waals surface area contributed by atoms with Gasteiger partial charge < -0.3 is 9.64 Å². The molecule has 0 radical (unpaired) electrons. The number of likely N-dealkylation sites (N-methyl/N-ethyl adjacent to an activating group) is 1. The molecule has 24 heavy (non-hydrogen) atoms. The third-order valence-electron chi connectivity index (χ3n) is 3.26. The summed E-state index contributed by atoms with van der Waals surface area (Å²) in [5.41, 5.74) is 0. The fourth-order valence-electron chi connectivity index (χ4n) is 2.01. The van der Waals surface area contributed by atoms with Crippen LogP contribution in [0.15, 0.2) is 24.1 Å². The molecular formula is C14H25N5O4S. The minimum Gasteiger partial charge on any atom is -0.383 e. The summed E-state index contributed by atoms with van der Waals surface area (Å²) in [6.07, 6.45) is 3.34. The maximum atomic E-state index is 12.6. The van der Waals surface area contributed by atoms with Crippen molar-refractivity contribution in [3.8, 4) is 0 Å². The maximum Gasteiger partial charge on any atom is 0.346 e. The van der Waals surface area contributed by atoms with Crippen molar-refractivity contribution in [3.05, 3.63) is 19.0 Å². The van der Waals surface area contributed by atoms with Crippen molar-refractivity contribution < 1.29 is 17.9 Å². The summed E-state index contributed by atoms with van der Waals surface area (Å²) in [5.74, 6) is 0. The Morgan fingerprint density at radius 3 is 2.67 bits per heavy atom. The van der Waals surface area contributed by atoms with Crippen LogP contribution in [-0.2, 0) is 14.8 Å².